The van der Waals surface area contributed by atoms with Crippen LogP contribution in [0, 0.1) is 0 Å². The van der Waals surface area contributed by atoms with Gasteiger partial charge in [0.2, 0.25) is 0 Å². The zero-order chi connectivity index (χ0) is 30.6. The molecule has 0 aliphatic rings. The van der Waals surface area contributed by atoms with Gasteiger partial charge in [0.25, 0.3) is 0 Å². The number of anilines is 3. The van der Waals surface area contributed by atoms with Gasteiger partial charge in [-0.3, -0.25) is 0 Å². The van der Waals surface area contributed by atoms with Crippen LogP contribution in [0.3, 0.4) is 0 Å². The van der Waals surface area contributed by atoms with Crippen LogP contribution in [-0.2, 0) is 0 Å². The number of para-hydroxylation sites is 1. The molecule has 43 heavy (non-hydrogen) atoms. The number of benzene rings is 7. The van der Waals surface area contributed by atoms with E-state index >= 15 is 0 Å². The third-order valence-electron chi connectivity index (χ3n) is 7.78. The molecule has 1 nitrogen and oxygen atoms in total. The molecule has 0 amide bonds. The molecule has 0 aliphatic carbocycles. The lowest BCUT2D eigenvalue weighted by atomic mass is 9.98. The van der Waals surface area contributed by atoms with Crippen molar-refractivity contribution >= 4 is 17.1 Å². The van der Waals surface area contributed by atoms with E-state index in [1.54, 1.807) is 0 Å². The summed E-state index contributed by atoms with van der Waals surface area (Å²) in [6, 6.07) is 61.3. The van der Waals surface area contributed by atoms with Crippen LogP contribution in [0.15, 0.2) is 188 Å². The maximum atomic E-state index is 8.02. The second kappa shape index (κ2) is 12.1. The summed E-state index contributed by atoms with van der Waals surface area (Å²) in [5.74, 6) is 0. The molecule has 0 spiro atoms. The van der Waals surface area contributed by atoms with Crippen molar-refractivity contribution in [2.75, 3.05) is 4.90 Å². The molecule has 0 saturated heterocycles. The standard InChI is InChI=1S/C42H31N/c1-4-11-32(12-5-1)34-19-21-35(22-20-34)36-23-27-41(28-24-36)43(40-17-8-3-9-18-40)42-29-25-37(26-30-42)39-16-10-15-38(31-39)33-13-6-2-7-14-33/h1-31H/i1T,3T. The lowest BCUT2D eigenvalue weighted by Crippen LogP contribution is -2.09. The van der Waals surface area contributed by atoms with Crippen molar-refractivity contribution in [2.45, 2.75) is 0 Å². The van der Waals surface area contributed by atoms with Gasteiger partial charge < -0.3 is 4.90 Å². The van der Waals surface area contributed by atoms with E-state index in [0.717, 1.165) is 44.9 Å². The first-order chi connectivity index (χ1) is 22.1. The monoisotopic (exact) mass is 553 g/mol. The highest BCUT2D eigenvalue weighted by atomic mass is 15.1. The van der Waals surface area contributed by atoms with Crippen LogP contribution in [-0.4, -0.2) is 0 Å². The number of hydrogen-bond acceptors (Lipinski definition) is 1. The Bertz CT molecular complexity index is 2010. The average Bonchev–Trinajstić information content (AvgIpc) is 3.11. The van der Waals surface area contributed by atoms with Crippen molar-refractivity contribution in [1.82, 2.24) is 0 Å². The number of nitrogens with zero attached hydrogens (tertiary/aromatic N) is 1. The Morgan fingerprint density at radius 2 is 0.605 bits per heavy atom. The minimum Gasteiger partial charge on any atom is -0.311 e. The van der Waals surface area contributed by atoms with Crippen molar-refractivity contribution in [3.05, 3.63) is 188 Å². The number of hydrogen-bond donors (Lipinski definition) is 0. The van der Waals surface area contributed by atoms with Crippen molar-refractivity contribution < 1.29 is 2.74 Å². The quantitative estimate of drug-likeness (QED) is 0.190. The van der Waals surface area contributed by atoms with Gasteiger partial charge in [-0.2, -0.15) is 0 Å². The number of rotatable bonds is 7. The van der Waals surface area contributed by atoms with E-state index in [4.69, 9.17) is 2.74 Å². The highest BCUT2D eigenvalue weighted by Crippen LogP contribution is 2.37. The minimum atomic E-state index is 0.488. The first-order valence-electron chi connectivity index (χ1n) is 15.5. The third kappa shape index (κ3) is 5.75. The molecule has 0 heterocycles. The Hall–Kier alpha value is -5.66. The largest absolute Gasteiger partial charge is 0.311 e. The molecule has 0 bridgehead atoms. The smallest absolute Gasteiger partial charge is 0.0623 e. The predicted octanol–water partition coefficient (Wildman–Crippen LogP) is 11.8. The molecule has 0 atom stereocenters. The maximum Gasteiger partial charge on any atom is 0.0623 e. The van der Waals surface area contributed by atoms with Crippen LogP contribution < -0.4 is 4.90 Å². The van der Waals surface area contributed by atoms with Gasteiger partial charge in [0.15, 0.2) is 0 Å². The van der Waals surface area contributed by atoms with Crippen molar-refractivity contribution in [3.8, 4) is 44.5 Å². The predicted molar refractivity (Wildman–Crippen MR) is 183 cm³/mol. The highest BCUT2D eigenvalue weighted by Gasteiger charge is 2.13. The molecule has 204 valence electrons. The van der Waals surface area contributed by atoms with Crippen LogP contribution in [0.4, 0.5) is 17.1 Å². The summed E-state index contributed by atoms with van der Waals surface area (Å²) >= 11 is 0. The minimum absolute atomic E-state index is 0.488. The fourth-order valence-electron chi connectivity index (χ4n) is 5.52. The first kappa shape index (κ1) is 24.0. The summed E-state index contributed by atoms with van der Waals surface area (Å²) in [5.41, 5.74) is 12.4. The molecule has 0 radical (unpaired) electrons. The van der Waals surface area contributed by atoms with E-state index in [9.17, 15) is 0 Å². The molecule has 0 aromatic heterocycles. The Kier molecular flexibility index (Phi) is 6.73. The lowest BCUT2D eigenvalue weighted by molar-refractivity contribution is 1.28. The summed E-state index contributed by atoms with van der Waals surface area (Å²) in [4.78, 5) is 2.23. The van der Waals surface area contributed by atoms with E-state index in [1.165, 1.54) is 16.7 Å². The Labute approximate surface area is 256 Å². The summed E-state index contributed by atoms with van der Waals surface area (Å²) in [7, 11) is 0. The van der Waals surface area contributed by atoms with Crippen LogP contribution in [0.1, 0.15) is 2.74 Å². The molecule has 0 fully saturated rings. The third-order valence-corrected chi connectivity index (χ3v) is 7.78. The van der Waals surface area contributed by atoms with E-state index in [0.29, 0.717) is 12.1 Å². The van der Waals surface area contributed by atoms with Gasteiger partial charge in [-0.15, -0.1) is 0 Å². The maximum absolute atomic E-state index is 8.02. The van der Waals surface area contributed by atoms with Gasteiger partial charge in [-0.25, -0.2) is 0 Å². The second-order valence-corrected chi connectivity index (χ2v) is 10.5. The lowest BCUT2D eigenvalue weighted by Gasteiger charge is -2.26. The van der Waals surface area contributed by atoms with Gasteiger partial charge >= 0.3 is 0 Å². The molecule has 0 saturated carbocycles. The fourth-order valence-corrected chi connectivity index (χ4v) is 5.52. The molecule has 7 aromatic rings. The van der Waals surface area contributed by atoms with Crippen molar-refractivity contribution in [3.63, 3.8) is 0 Å². The molecule has 0 aliphatic heterocycles. The molecule has 7 rings (SSSR count). The summed E-state index contributed by atoms with van der Waals surface area (Å²) in [6.07, 6.45) is 0. The van der Waals surface area contributed by atoms with Gasteiger partial charge in [0.05, 0.1) is 2.74 Å². The van der Waals surface area contributed by atoms with E-state index < -0.39 is 0 Å². The van der Waals surface area contributed by atoms with E-state index in [2.05, 4.69) is 126 Å². The fraction of sp³-hybridized carbons (Fsp3) is 0. The zero-order valence-corrected chi connectivity index (χ0v) is 23.7. The molecule has 7 aromatic carbocycles. The van der Waals surface area contributed by atoms with E-state index in [-0.39, 0.29) is 0 Å². The topological polar surface area (TPSA) is 3.24 Å². The van der Waals surface area contributed by atoms with Gasteiger partial charge in [-0.1, -0.05) is 146 Å². The Balaban J connectivity index is 1.18. The Morgan fingerprint density at radius 1 is 0.279 bits per heavy atom. The van der Waals surface area contributed by atoms with Crippen LogP contribution in [0.25, 0.3) is 44.5 Å². The van der Waals surface area contributed by atoms with Crippen LogP contribution in [0.5, 0.6) is 0 Å². The highest BCUT2D eigenvalue weighted by molar-refractivity contribution is 5.81. The Morgan fingerprint density at radius 3 is 1.12 bits per heavy atom. The molecule has 1 heteroatoms. The van der Waals surface area contributed by atoms with Crippen molar-refractivity contribution in [2.24, 2.45) is 0 Å². The molecular weight excluding hydrogens is 518 g/mol. The SMILES string of the molecule is [3H]c1ccc(-c2ccc(-c3ccc(N(c4ccc([3H])cc4)c4ccc(-c5cccc(-c6ccccc6)c5)cc4)cc3)cc2)cc1. The zero-order valence-electron chi connectivity index (χ0n) is 25.7. The van der Waals surface area contributed by atoms with E-state index in [1.807, 2.05) is 54.6 Å². The summed E-state index contributed by atoms with van der Waals surface area (Å²) in [6.45, 7) is 0. The van der Waals surface area contributed by atoms with Crippen LogP contribution in [0.2, 0.25) is 0 Å². The first-order valence-corrected chi connectivity index (χ1v) is 14.5. The van der Waals surface area contributed by atoms with Gasteiger partial charge in [-0.05, 0) is 87.0 Å². The average molecular weight is 554 g/mol. The molecule has 0 unspecified atom stereocenters. The second-order valence-electron chi connectivity index (χ2n) is 10.5. The summed E-state index contributed by atoms with van der Waals surface area (Å²) < 4.78 is 15.8. The molecule has 0 N–H and O–H groups in total. The molecular formula is C42H31N. The summed E-state index contributed by atoms with van der Waals surface area (Å²) in [5, 5.41) is 0. The van der Waals surface area contributed by atoms with Crippen molar-refractivity contribution in [1.29, 1.82) is 0 Å². The van der Waals surface area contributed by atoms with Crippen LogP contribution >= 0.6 is 0 Å². The normalized spacial score (nSPS) is 11.4. The van der Waals surface area contributed by atoms with Gasteiger partial charge in [0.1, 0.15) is 0 Å². The van der Waals surface area contributed by atoms with Gasteiger partial charge in [0, 0.05) is 17.1 Å².